The third kappa shape index (κ3) is 8.09. The molecular formula is C20H31N7O5S. The number of carbonyl (C=O) groups excluding carboxylic acids is 4. The monoisotopic (exact) mass is 481 g/mol. The minimum Gasteiger partial charge on any atom is -0.469 e. The summed E-state index contributed by atoms with van der Waals surface area (Å²) in [4.78, 5) is 61.2. The van der Waals surface area contributed by atoms with Crippen LogP contribution in [0.3, 0.4) is 0 Å². The molecule has 0 spiro atoms. The third-order valence-corrected chi connectivity index (χ3v) is 6.06. The maximum absolute atomic E-state index is 12.9. The normalized spacial score (nSPS) is 17.3. The summed E-state index contributed by atoms with van der Waals surface area (Å²) in [5.74, 6) is -1.43. The van der Waals surface area contributed by atoms with E-state index in [1.165, 1.54) is 29.5 Å². The van der Waals surface area contributed by atoms with Crippen LogP contribution in [0.1, 0.15) is 35.5 Å². The van der Waals surface area contributed by atoms with Crippen molar-refractivity contribution in [3.05, 3.63) is 16.6 Å². The first-order valence-electron chi connectivity index (χ1n) is 10.6. The topological polar surface area (TPSA) is 173 Å². The zero-order valence-corrected chi connectivity index (χ0v) is 19.7. The SMILES string of the molecule is COC(=O)CC[C@@H]1C(=O)N(CC(=O)N[C@@H](CCCN=C(N)N)C(=O)c2nccs2)CCN1C. The maximum atomic E-state index is 12.9. The van der Waals surface area contributed by atoms with E-state index in [4.69, 9.17) is 11.5 Å². The summed E-state index contributed by atoms with van der Waals surface area (Å²) in [7, 11) is 3.10. The van der Waals surface area contributed by atoms with Crippen molar-refractivity contribution in [2.75, 3.05) is 40.3 Å². The van der Waals surface area contributed by atoms with Gasteiger partial charge in [0.2, 0.25) is 17.6 Å². The average Bonchev–Trinajstić information content (AvgIpc) is 3.31. The Morgan fingerprint density at radius 2 is 2.12 bits per heavy atom. The lowest BCUT2D eigenvalue weighted by Gasteiger charge is -2.38. The van der Waals surface area contributed by atoms with E-state index in [1.807, 2.05) is 4.90 Å². The van der Waals surface area contributed by atoms with E-state index in [9.17, 15) is 19.2 Å². The van der Waals surface area contributed by atoms with Gasteiger partial charge in [-0.15, -0.1) is 11.3 Å². The number of nitrogens with one attached hydrogen (secondary N) is 1. The summed E-state index contributed by atoms with van der Waals surface area (Å²) in [5.41, 5.74) is 10.7. The van der Waals surface area contributed by atoms with Gasteiger partial charge in [0.25, 0.3) is 0 Å². The summed E-state index contributed by atoms with van der Waals surface area (Å²) in [6.45, 7) is 1.06. The number of ketones is 1. The van der Waals surface area contributed by atoms with Gasteiger partial charge in [-0.3, -0.25) is 29.1 Å². The summed E-state index contributed by atoms with van der Waals surface area (Å²) in [5, 5.41) is 4.71. The molecule has 1 aromatic rings. The molecule has 1 aromatic heterocycles. The van der Waals surface area contributed by atoms with Crippen molar-refractivity contribution < 1.29 is 23.9 Å². The van der Waals surface area contributed by atoms with Crippen molar-refractivity contribution in [3.8, 4) is 0 Å². The largest absolute Gasteiger partial charge is 0.469 e. The molecule has 1 aliphatic heterocycles. The molecule has 12 nitrogen and oxygen atoms in total. The number of piperazine rings is 1. The summed E-state index contributed by atoms with van der Waals surface area (Å²) in [6.07, 6.45) is 2.73. The standard InChI is InChI=1S/C20H31N7O5S/c1-26-9-10-27(19(31)14(26)5-6-16(29)32-2)12-15(28)25-13(4-3-7-24-20(21)22)17(30)18-23-8-11-33-18/h8,11,13-14H,3-7,9-10,12H2,1-2H3,(H,25,28)(H4,21,22,24)/t13-,14+/m0/s1. The number of thiazole rings is 1. The second-order valence-corrected chi connectivity index (χ2v) is 8.54. The zero-order chi connectivity index (χ0) is 24.4. The maximum Gasteiger partial charge on any atom is 0.305 e. The number of nitrogens with two attached hydrogens (primary N) is 2. The molecule has 33 heavy (non-hydrogen) atoms. The Morgan fingerprint density at radius 3 is 2.76 bits per heavy atom. The molecule has 0 radical (unpaired) electrons. The fraction of sp³-hybridized carbons (Fsp3) is 0.600. The van der Waals surface area contributed by atoms with Gasteiger partial charge in [-0.2, -0.15) is 0 Å². The molecule has 13 heteroatoms. The lowest BCUT2D eigenvalue weighted by molar-refractivity contribution is -0.146. The fourth-order valence-corrected chi connectivity index (χ4v) is 4.11. The van der Waals surface area contributed by atoms with Crippen molar-refractivity contribution in [2.24, 2.45) is 16.5 Å². The highest BCUT2D eigenvalue weighted by atomic mass is 32.1. The highest BCUT2D eigenvalue weighted by Crippen LogP contribution is 2.15. The number of nitrogens with zero attached hydrogens (tertiary/aromatic N) is 4. The van der Waals surface area contributed by atoms with Crippen molar-refractivity contribution >= 4 is 40.9 Å². The number of Topliss-reactive ketones (excluding diaryl/α,β-unsaturated/α-hetero) is 1. The van der Waals surface area contributed by atoms with Gasteiger partial charge in [-0.1, -0.05) is 0 Å². The van der Waals surface area contributed by atoms with Crippen LogP contribution in [-0.4, -0.2) is 96.7 Å². The van der Waals surface area contributed by atoms with Crippen LogP contribution in [0.5, 0.6) is 0 Å². The van der Waals surface area contributed by atoms with Gasteiger partial charge in [-0.25, -0.2) is 4.98 Å². The first-order chi connectivity index (χ1) is 15.7. The minimum atomic E-state index is -0.810. The average molecular weight is 482 g/mol. The van der Waals surface area contributed by atoms with Gasteiger partial charge in [0.1, 0.15) is 0 Å². The number of amides is 2. The van der Waals surface area contributed by atoms with E-state index in [0.29, 0.717) is 43.9 Å². The van der Waals surface area contributed by atoms with Gasteiger partial charge in [0.15, 0.2) is 11.0 Å². The molecule has 182 valence electrons. The van der Waals surface area contributed by atoms with Gasteiger partial charge in [-0.05, 0) is 26.3 Å². The van der Waals surface area contributed by atoms with Gasteiger partial charge < -0.3 is 26.4 Å². The number of carbonyl (C=O) groups is 4. The van der Waals surface area contributed by atoms with Crippen LogP contribution < -0.4 is 16.8 Å². The highest BCUT2D eigenvalue weighted by Gasteiger charge is 2.34. The first-order valence-corrected chi connectivity index (χ1v) is 11.4. The Kier molecular flexibility index (Phi) is 10.2. The zero-order valence-electron chi connectivity index (χ0n) is 18.9. The van der Waals surface area contributed by atoms with Crippen molar-refractivity contribution in [1.82, 2.24) is 20.1 Å². The Bertz CT molecular complexity index is 857. The molecule has 0 aromatic carbocycles. The Morgan fingerprint density at radius 1 is 1.36 bits per heavy atom. The van der Waals surface area contributed by atoms with E-state index in [-0.39, 0.29) is 30.6 Å². The third-order valence-electron chi connectivity index (χ3n) is 5.28. The number of methoxy groups -OCH3 is 1. The van der Waals surface area contributed by atoms with E-state index >= 15 is 0 Å². The predicted molar refractivity (Wildman–Crippen MR) is 123 cm³/mol. The Balaban J connectivity index is 1.99. The number of ether oxygens (including phenoxy) is 1. The molecule has 2 heterocycles. The summed E-state index contributed by atoms with van der Waals surface area (Å²) < 4.78 is 4.65. The lowest BCUT2D eigenvalue weighted by Crippen LogP contribution is -2.58. The van der Waals surface area contributed by atoms with Gasteiger partial charge >= 0.3 is 5.97 Å². The van der Waals surface area contributed by atoms with E-state index in [2.05, 4.69) is 20.0 Å². The smallest absolute Gasteiger partial charge is 0.305 e. The van der Waals surface area contributed by atoms with Crippen LogP contribution in [-0.2, 0) is 19.1 Å². The number of esters is 1. The molecule has 0 unspecified atom stereocenters. The number of likely N-dealkylation sites (N-methyl/N-ethyl adjacent to an activating group) is 1. The van der Waals surface area contributed by atoms with Crippen LogP contribution in [0.25, 0.3) is 0 Å². The molecule has 0 saturated carbocycles. The van der Waals surface area contributed by atoms with Crippen LogP contribution in [0.15, 0.2) is 16.6 Å². The Labute approximate surface area is 196 Å². The van der Waals surface area contributed by atoms with Gasteiger partial charge in [0.05, 0.1) is 25.7 Å². The predicted octanol–water partition coefficient (Wildman–Crippen LogP) is -1.04. The molecule has 1 saturated heterocycles. The van der Waals surface area contributed by atoms with Gasteiger partial charge in [0, 0.05) is 37.6 Å². The Hall–Kier alpha value is -3.06. The van der Waals surface area contributed by atoms with E-state index in [1.54, 1.807) is 12.4 Å². The highest BCUT2D eigenvalue weighted by molar-refractivity contribution is 7.11. The lowest BCUT2D eigenvalue weighted by atomic mass is 10.1. The molecule has 2 amide bonds. The van der Waals surface area contributed by atoms with E-state index in [0.717, 1.165) is 0 Å². The van der Waals surface area contributed by atoms with E-state index < -0.39 is 24.0 Å². The van der Waals surface area contributed by atoms with Crippen LogP contribution in [0.4, 0.5) is 0 Å². The number of rotatable bonds is 12. The molecule has 2 rings (SSSR count). The summed E-state index contributed by atoms with van der Waals surface area (Å²) in [6, 6.07) is -1.33. The molecule has 5 N–H and O–H groups in total. The minimum absolute atomic E-state index is 0.0443. The molecule has 1 aliphatic rings. The second kappa shape index (κ2) is 12.8. The van der Waals surface area contributed by atoms with Crippen LogP contribution >= 0.6 is 11.3 Å². The number of guanidine groups is 1. The number of hydrogen-bond donors (Lipinski definition) is 3. The number of hydrogen-bond acceptors (Lipinski definition) is 9. The quantitative estimate of drug-likeness (QED) is 0.111. The fourth-order valence-electron chi connectivity index (χ4n) is 3.48. The first kappa shape index (κ1) is 26.2. The number of aromatic nitrogens is 1. The molecule has 1 fully saturated rings. The molecular weight excluding hydrogens is 450 g/mol. The number of aliphatic imine (C=N–C) groups is 1. The summed E-state index contributed by atoms with van der Waals surface area (Å²) >= 11 is 1.19. The van der Waals surface area contributed by atoms with Crippen molar-refractivity contribution in [1.29, 1.82) is 0 Å². The van der Waals surface area contributed by atoms with Crippen molar-refractivity contribution in [3.63, 3.8) is 0 Å². The van der Waals surface area contributed by atoms with Crippen molar-refractivity contribution in [2.45, 2.75) is 37.8 Å². The molecule has 0 aliphatic carbocycles. The second-order valence-electron chi connectivity index (χ2n) is 7.64. The molecule has 2 atom stereocenters. The molecule has 0 bridgehead atoms. The van der Waals surface area contributed by atoms with Crippen LogP contribution in [0.2, 0.25) is 0 Å². The van der Waals surface area contributed by atoms with Crippen LogP contribution in [0, 0.1) is 0 Å².